The van der Waals surface area contributed by atoms with Crippen molar-refractivity contribution in [1.82, 2.24) is 25.3 Å². The molecule has 0 bridgehead atoms. The van der Waals surface area contributed by atoms with E-state index in [2.05, 4.69) is 25.3 Å². The van der Waals surface area contributed by atoms with Crippen LogP contribution in [0.2, 0.25) is 0 Å². The van der Waals surface area contributed by atoms with E-state index in [1.807, 2.05) is 13.8 Å². The lowest BCUT2D eigenvalue weighted by molar-refractivity contribution is 0.381. The van der Waals surface area contributed by atoms with Crippen LogP contribution in [0, 0.1) is 6.92 Å². The minimum Gasteiger partial charge on any atom is -0.480 e. The van der Waals surface area contributed by atoms with Crippen molar-refractivity contribution in [1.29, 1.82) is 0 Å². The lowest BCUT2D eigenvalue weighted by Gasteiger charge is -2.17. The number of ether oxygens (including phenoxy) is 1. The molecule has 0 saturated carbocycles. The van der Waals surface area contributed by atoms with Gasteiger partial charge in [0.2, 0.25) is 5.88 Å². The Bertz CT molecular complexity index is 529. The molecule has 1 N–H and O–H groups in total. The fourth-order valence-corrected chi connectivity index (χ4v) is 1.76. The van der Waals surface area contributed by atoms with Gasteiger partial charge in [0, 0.05) is 24.8 Å². The van der Waals surface area contributed by atoms with E-state index in [0.29, 0.717) is 17.4 Å². The Kier molecular flexibility index (Phi) is 4.35. The van der Waals surface area contributed by atoms with E-state index in [1.165, 1.54) is 0 Å². The van der Waals surface area contributed by atoms with Crippen LogP contribution in [0.15, 0.2) is 24.8 Å². The van der Waals surface area contributed by atoms with E-state index in [0.717, 1.165) is 12.1 Å². The minimum atomic E-state index is -0.228. The van der Waals surface area contributed by atoms with Crippen LogP contribution < -0.4 is 10.1 Å². The van der Waals surface area contributed by atoms with Gasteiger partial charge in [-0.25, -0.2) is 15.0 Å². The zero-order valence-electron chi connectivity index (χ0n) is 11.3. The highest BCUT2D eigenvalue weighted by Crippen LogP contribution is 2.23. The quantitative estimate of drug-likeness (QED) is 0.872. The Morgan fingerprint density at radius 1 is 1.16 bits per heavy atom. The van der Waals surface area contributed by atoms with Gasteiger partial charge in [0.15, 0.2) is 5.82 Å². The summed E-state index contributed by atoms with van der Waals surface area (Å²) in [6, 6.07) is -0.228. The largest absolute Gasteiger partial charge is 0.480 e. The van der Waals surface area contributed by atoms with E-state index in [1.54, 1.807) is 31.9 Å². The second-order valence-corrected chi connectivity index (χ2v) is 4.06. The Balaban J connectivity index is 2.42. The van der Waals surface area contributed by atoms with Gasteiger partial charge in [0.05, 0.1) is 7.11 Å². The molecule has 6 heteroatoms. The SMILES string of the molecule is CCNC(c1ncc(C)cn1)c1nccnc1OC. The maximum absolute atomic E-state index is 5.25. The van der Waals surface area contributed by atoms with Crippen LogP contribution in [-0.4, -0.2) is 33.6 Å². The van der Waals surface area contributed by atoms with Crippen LogP contribution in [0.1, 0.15) is 30.0 Å². The van der Waals surface area contributed by atoms with Gasteiger partial charge in [-0.2, -0.15) is 0 Å². The molecular formula is C13H17N5O. The van der Waals surface area contributed by atoms with E-state index >= 15 is 0 Å². The Labute approximate surface area is 112 Å². The predicted molar refractivity (Wildman–Crippen MR) is 70.9 cm³/mol. The molecule has 0 aliphatic rings. The van der Waals surface area contributed by atoms with Crippen LogP contribution in [-0.2, 0) is 0 Å². The van der Waals surface area contributed by atoms with Gasteiger partial charge in [0.1, 0.15) is 11.7 Å². The fraction of sp³-hybridized carbons (Fsp3) is 0.385. The summed E-state index contributed by atoms with van der Waals surface area (Å²) < 4.78 is 5.25. The topological polar surface area (TPSA) is 72.8 Å². The standard InChI is InChI=1S/C13H17N5O/c1-4-14-10(12-17-7-9(2)8-18-12)11-13(19-3)16-6-5-15-11/h5-8,10,14H,4H2,1-3H3. The molecule has 6 nitrogen and oxygen atoms in total. The molecule has 19 heavy (non-hydrogen) atoms. The average Bonchev–Trinajstić information content (AvgIpc) is 2.46. The summed E-state index contributed by atoms with van der Waals surface area (Å²) in [5.74, 6) is 1.14. The number of aryl methyl sites for hydroxylation is 1. The first-order valence-electron chi connectivity index (χ1n) is 6.13. The molecule has 2 rings (SSSR count). The summed E-state index contributed by atoms with van der Waals surface area (Å²) in [5.41, 5.74) is 1.71. The summed E-state index contributed by atoms with van der Waals surface area (Å²) in [5, 5.41) is 3.30. The van der Waals surface area contributed by atoms with Crippen LogP contribution in [0.25, 0.3) is 0 Å². The second kappa shape index (κ2) is 6.19. The maximum atomic E-state index is 5.25. The highest BCUT2D eigenvalue weighted by Gasteiger charge is 2.22. The lowest BCUT2D eigenvalue weighted by Crippen LogP contribution is -2.25. The fourth-order valence-electron chi connectivity index (χ4n) is 1.76. The monoisotopic (exact) mass is 259 g/mol. The van der Waals surface area contributed by atoms with Gasteiger partial charge in [-0.15, -0.1) is 0 Å². The number of rotatable bonds is 5. The molecule has 0 aliphatic carbocycles. The number of hydrogen-bond acceptors (Lipinski definition) is 6. The van der Waals surface area contributed by atoms with Crippen LogP contribution in [0.3, 0.4) is 0 Å². The Hall–Kier alpha value is -2.08. The van der Waals surface area contributed by atoms with Gasteiger partial charge < -0.3 is 10.1 Å². The molecule has 2 aromatic heterocycles. The third-order valence-corrected chi connectivity index (χ3v) is 2.63. The summed E-state index contributed by atoms with van der Waals surface area (Å²) in [4.78, 5) is 17.2. The molecular weight excluding hydrogens is 242 g/mol. The number of methoxy groups -OCH3 is 1. The number of nitrogens with zero attached hydrogens (tertiary/aromatic N) is 4. The first-order chi connectivity index (χ1) is 9.26. The highest BCUT2D eigenvalue weighted by atomic mass is 16.5. The van der Waals surface area contributed by atoms with Gasteiger partial charge in [-0.05, 0) is 19.0 Å². The first kappa shape index (κ1) is 13.4. The van der Waals surface area contributed by atoms with Crippen molar-refractivity contribution in [2.75, 3.05) is 13.7 Å². The van der Waals surface area contributed by atoms with E-state index in [4.69, 9.17) is 4.74 Å². The predicted octanol–water partition coefficient (Wildman–Crippen LogP) is 1.28. The van der Waals surface area contributed by atoms with Crippen molar-refractivity contribution in [2.45, 2.75) is 19.9 Å². The van der Waals surface area contributed by atoms with E-state index in [-0.39, 0.29) is 6.04 Å². The third-order valence-electron chi connectivity index (χ3n) is 2.63. The van der Waals surface area contributed by atoms with Crippen molar-refractivity contribution >= 4 is 0 Å². The van der Waals surface area contributed by atoms with E-state index < -0.39 is 0 Å². The molecule has 0 spiro atoms. The molecule has 0 saturated heterocycles. The van der Waals surface area contributed by atoms with Crippen molar-refractivity contribution < 1.29 is 4.74 Å². The molecule has 2 aromatic rings. The van der Waals surface area contributed by atoms with Gasteiger partial charge in [-0.3, -0.25) is 4.98 Å². The smallest absolute Gasteiger partial charge is 0.237 e. The molecule has 1 unspecified atom stereocenters. The second-order valence-electron chi connectivity index (χ2n) is 4.06. The van der Waals surface area contributed by atoms with Crippen molar-refractivity contribution in [2.24, 2.45) is 0 Å². The molecule has 0 radical (unpaired) electrons. The van der Waals surface area contributed by atoms with Crippen LogP contribution in [0.5, 0.6) is 5.88 Å². The number of aromatic nitrogens is 4. The number of hydrogen-bond donors (Lipinski definition) is 1. The highest BCUT2D eigenvalue weighted by molar-refractivity contribution is 5.26. The molecule has 0 fully saturated rings. The normalized spacial score (nSPS) is 12.2. The zero-order valence-corrected chi connectivity index (χ0v) is 11.3. The van der Waals surface area contributed by atoms with Gasteiger partial charge in [-0.1, -0.05) is 6.92 Å². The third kappa shape index (κ3) is 3.03. The summed E-state index contributed by atoms with van der Waals surface area (Å²) in [7, 11) is 1.58. The molecule has 1 atom stereocenters. The van der Waals surface area contributed by atoms with Crippen LogP contribution in [0.4, 0.5) is 0 Å². The zero-order chi connectivity index (χ0) is 13.7. The van der Waals surface area contributed by atoms with Crippen molar-refractivity contribution in [3.8, 4) is 5.88 Å². The van der Waals surface area contributed by atoms with Crippen molar-refractivity contribution in [3.63, 3.8) is 0 Å². The molecule has 100 valence electrons. The van der Waals surface area contributed by atoms with Gasteiger partial charge in [0.25, 0.3) is 0 Å². The Morgan fingerprint density at radius 2 is 1.84 bits per heavy atom. The van der Waals surface area contributed by atoms with Crippen LogP contribution >= 0.6 is 0 Å². The van der Waals surface area contributed by atoms with E-state index in [9.17, 15) is 0 Å². The summed E-state index contributed by atoms with van der Waals surface area (Å²) >= 11 is 0. The first-order valence-corrected chi connectivity index (χ1v) is 6.13. The lowest BCUT2D eigenvalue weighted by atomic mass is 10.2. The molecule has 0 amide bonds. The average molecular weight is 259 g/mol. The minimum absolute atomic E-state index is 0.228. The van der Waals surface area contributed by atoms with Gasteiger partial charge >= 0.3 is 0 Å². The summed E-state index contributed by atoms with van der Waals surface area (Å²) in [6.45, 7) is 4.74. The number of nitrogens with one attached hydrogen (secondary N) is 1. The molecule has 2 heterocycles. The molecule has 0 aliphatic heterocycles. The summed E-state index contributed by atoms with van der Waals surface area (Å²) in [6.07, 6.45) is 6.81. The molecule has 0 aromatic carbocycles. The Morgan fingerprint density at radius 3 is 2.47 bits per heavy atom. The van der Waals surface area contributed by atoms with Crippen molar-refractivity contribution in [3.05, 3.63) is 41.9 Å². The maximum Gasteiger partial charge on any atom is 0.237 e.